The summed E-state index contributed by atoms with van der Waals surface area (Å²) in [6.45, 7) is 36.1. The largest absolute Gasteiger partial charge is 0.478 e. The van der Waals surface area contributed by atoms with Gasteiger partial charge in [0.05, 0.1) is 50.2 Å². The number of fused-ring (bicyclic) bond motifs is 2. The SMILES string of the molecule is C.CC(C)(C)OC(=O)N1CCN(c2ccc(C(=O)O)c(CO)c2)CC1.CC(C)(C)OC(=O)N1CCN(c2ccc3c(c2)CN(C2CCC(=O)NC2=O)C3=O)CC1.COC(=O)c1ccc(N2CCN(C(=O)OC(C)(C)C)CC2)cc1CBr.COC(=O)c1ccc(N2CCN(C(=O)OC(C)(C)C)CC2)cc1CO.Cl.Cl.NC1CCC(=O)NC1=O.O=C1CCC(N2Cc3cc(N4CCNCC4)ccc3C2=O)C(=O)N1. The maximum atomic E-state index is 12.8. The summed E-state index contributed by atoms with van der Waals surface area (Å²) in [6.07, 6.45) is 0.924. The molecule has 40 nitrogen and oxygen atoms in total. The Morgan fingerprint density at radius 3 is 0.950 bits per heavy atom. The average Bonchev–Trinajstić information content (AvgIpc) is 1.63. The van der Waals surface area contributed by atoms with Gasteiger partial charge in [0.2, 0.25) is 35.4 Å². The monoisotopic (exact) mass is 2070 g/mol. The normalized spacial score (nSPS) is 18.7. The second-order valence-electron chi connectivity index (χ2n) is 38.4. The van der Waals surface area contributed by atoms with Gasteiger partial charge < -0.3 is 109 Å². The van der Waals surface area contributed by atoms with E-state index in [9.17, 15) is 82.1 Å². The van der Waals surface area contributed by atoms with Gasteiger partial charge in [0, 0.05) is 208 Å². The number of piperazine rings is 5. The number of piperidine rings is 3. The zero-order valence-corrected chi connectivity index (χ0v) is 85.1. The van der Waals surface area contributed by atoms with E-state index in [1.165, 1.54) is 20.3 Å². The van der Waals surface area contributed by atoms with E-state index in [2.05, 4.69) is 67.8 Å². The van der Waals surface area contributed by atoms with E-state index < -0.39 is 58.4 Å². The number of esters is 2. The number of nitrogens with zero attached hydrogens (tertiary/aromatic N) is 11. The molecule has 10 heterocycles. The van der Waals surface area contributed by atoms with E-state index >= 15 is 0 Å². The Morgan fingerprint density at radius 2 is 0.667 bits per heavy atom. The number of aromatic carboxylic acids is 1. The van der Waals surface area contributed by atoms with Gasteiger partial charge in [-0.2, -0.15) is 0 Å². The molecule has 8 fully saturated rings. The Labute approximate surface area is 843 Å². The number of anilines is 5. The molecule has 0 spiro atoms. The molecule has 10 aliphatic heterocycles. The molecule has 43 heteroatoms. The van der Waals surface area contributed by atoms with E-state index in [0.717, 1.165) is 84.4 Å². The first-order valence-electron chi connectivity index (χ1n) is 46.2. The molecule has 141 heavy (non-hydrogen) atoms. The number of nitrogens with two attached hydrogens (primary N) is 1. The first kappa shape index (κ1) is 116. The number of carboxylic acids is 1. The fourth-order valence-corrected chi connectivity index (χ4v) is 17.0. The third-order valence-corrected chi connectivity index (χ3v) is 24.4. The first-order valence-corrected chi connectivity index (χ1v) is 47.4. The van der Waals surface area contributed by atoms with Gasteiger partial charge in [-0.1, -0.05) is 23.4 Å². The Kier molecular flexibility index (Phi) is 42.3. The highest BCUT2D eigenvalue weighted by Gasteiger charge is 2.43. The molecule has 0 saturated carbocycles. The Hall–Kier alpha value is -12.2. The number of hydrogen-bond acceptors (Lipinski definition) is 30. The molecule has 10 aliphatic rings. The van der Waals surface area contributed by atoms with Crippen LogP contribution in [0.4, 0.5) is 47.6 Å². The van der Waals surface area contributed by atoms with Crippen LogP contribution in [0.3, 0.4) is 0 Å². The van der Waals surface area contributed by atoms with Crippen LogP contribution in [0.1, 0.15) is 209 Å². The van der Waals surface area contributed by atoms with Gasteiger partial charge >= 0.3 is 42.3 Å². The number of amides is 12. The van der Waals surface area contributed by atoms with Gasteiger partial charge in [0.15, 0.2) is 0 Å². The summed E-state index contributed by atoms with van der Waals surface area (Å²) >= 11 is 3.42. The van der Waals surface area contributed by atoms with Crippen molar-refractivity contribution in [1.29, 1.82) is 0 Å². The number of ether oxygens (including phenoxy) is 6. The minimum Gasteiger partial charge on any atom is -0.478 e. The molecule has 0 radical (unpaired) electrons. The summed E-state index contributed by atoms with van der Waals surface area (Å²) in [6, 6.07) is 25.9. The van der Waals surface area contributed by atoms with E-state index in [1.54, 1.807) is 65.8 Å². The molecule has 0 aromatic heterocycles. The minimum absolute atomic E-state index is 0. The molecule has 5 aromatic carbocycles. The lowest BCUT2D eigenvalue weighted by Crippen LogP contribution is -2.52. The lowest BCUT2D eigenvalue weighted by molar-refractivity contribution is -0.138. The smallest absolute Gasteiger partial charge is 0.410 e. The molecule has 15 rings (SSSR count). The van der Waals surface area contributed by atoms with Crippen molar-refractivity contribution in [3.05, 3.63) is 147 Å². The van der Waals surface area contributed by atoms with Crippen LogP contribution < -0.4 is 51.5 Å². The zero-order valence-electron chi connectivity index (χ0n) is 81.9. The van der Waals surface area contributed by atoms with Crippen molar-refractivity contribution in [2.75, 3.05) is 170 Å². The van der Waals surface area contributed by atoms with Crippen LogP contribution in [0.15, 0.2) is 91.0 Å². The van der Waals surface area contributed by atoms with Crippen LogP contribution in [-0.2, 0) is 88.8 Å². The summed E-state index contributed by atoms with van der Waals surface area (Å²) < 4.78 is 31.2. The maximum absolute atomic E-state index is 12.8. The fraction of sp³-hybridized carbons (Fsp3) is 0.541. The summed E-state index contributed by atoms with van der Waals surface area (Å²) in [5.74, 6) is -4.06. The van der Waals surface area contributed by atoms with Crippen LogP contribution in [0.25, 0.3) is 0 Å². The highest BCUT2D eigenvalue weighted by molar-refractivity contribution is 9.08. The van der Waals surface area contributed by atoms with Gasteiger partial charge in [-0.25, -0.2) is 33.6 Å². The third kappa shape index (κ3) is 32.4. The minimum atomic E-state index is -1.06. The zero-order chi connectivity index (χ0) is 101. The Bertz CT molecular complexity index is 5190. The molecule has 9 N–H and O–H groups in total. The topological polar surface area (TPSA) is 482 Å². The number of carboxylic acid groups (broad SMARTS) is 1. The van der Waals surface area contributed by atoms with E-state index in [1.807, 2.05) is 126 Å². The van der Waals surface area contributed by atoms with Crippen LogP contribution in [0.2, 0.25) is 0 Å². The number of aliphatic hydroxyl groups excluding tert-OH is 2. The number of carbonyl (C=O) groups is 15. The number of rotatable bonds is 13. The van der Waals surface area contributed by atoms with Gasteiger partial charge in [-0.3, -0.25) is 54.3 Å². The van der Waals surface area contributed by atoms with Crippen molar-refractivity contribution in [3.63, 3.8) is 0 Å². The quantitative estimate of drug-likeness (QED) is 0.0236. The van der Waals surface area contributed by atoms with Crippen LogP contribution in [-0.4, -0.2) is 320 Å². The van der Waals surface area contributed by atoms with Gasteiger partial charge in [-0.05, 0) is 221 Å². The van der Waals surface area contributed by atoms with Crippen molar-refractivity contribution in [2.24, 2.45) is 5.73 Å². The second-order valence-corrected chi connectivity index (χ2v) is 38.9. The molecule has 0 aliphatic carbocycles. The van der Waals surface area contributed by atoms with Crippen molar-refractivity contribution >= 4 is 159 Å². The number of halogens is 3. The lowest BCUT2D eigenvalue weighted by atomic mass is 10.0. The molecule has 0 bridgehead atoms. The highest BCUT2D eigenvalue weighted by atomic mass is 79.9. The molecule has 5 aromatic rings. The summed E-state index contributed by atoms with van der Waals surface area (Å²) in [7, 11) is 2.69. The molecule has 3 atom stereocenters. The van der Waals surface area contributed by atoms with Gasteiger partial charge in [0.1, 0.15) is 34.5 Å². The standard InChI is InChI=1S/C22H28N4O5.C18H25BrN2O4.C18H26N2O5.C17H20N4O3.C17H24N2O5.C5H8N2O2.CH4.2ClH/c1-22(2,3)31-21(30)25-10-8-24(9-11-25)15-4-5-16-14(12-15)13-26(20(16)29)17-6-7-18(27)23-19(17)28;1-18(2,3)25-17(23)21-9-7-20(8-10-21)14-5-6-15(16(22)24-4)13(11-14)12-19;1-18(2,3)25-17(23)20-9-7-19(8-10-20)14-5-6-15(16(22)24-4)13(11-14)12-21;22-15-4-3-14(16(23)19-15)21-10-11-9-12(1-2-13(11)17(21)24)20-7-5-18-6-8-20;1-17(2,3)24-16(23)19-8-6-18(7-9-19)13-4-5-14(15(21)22)12(10-13)11-20;6-3-1-2-4(8)7-5(3)9;;;/h4-5,12,17H,6-11,13H2,1-3H3,(H,23,27,28);5-6,11H,7-10,12H2,1-4H3;5-6,11,21H,7-10,12H2,1-4H3;1-2,9,14,18H,3-8,10H2,(H,19,22,23);4-5,10,20H,6-9,11H2,1-3H3,(H,21,22);3H,1-2,6H2,(H,7,8,9);1H4;2*1H. The van der Waals surface area contributed by atoms with Gasteiger partial charge in [0.25, 0.3) is 11.8 Å². The number of nitrogens with one attached hydrogen (secondary N) is 4. The van der Waals surface area contributed by atoms with Crippen molar-refractivity contribution in [2.45, 2.75) is 201 Å². The molecule has 774 valence electrons. The fourth-order valence-electron chi connectivity index (χ4n) is 16.6. The predicted molar refractivity (Wildman–Crippen MR) is 535 cm³/mol. The Morgan fingerprint density at radius 1 is 0.390 bits per heavy atom. The molecule has 8 saturated heterocycles. The van der Waals surface area contributed by atoms with Crippen molar-refractivity contribution in [3.8, 4) is 0 Å². The molecule has 3 unspecified atom stereocenters. The third-order valence-electron chi connectivity index (χ3n) is 23.8. The van der Waals surface area contributed by atoms with Crippen molar-refractivity contribution in [1.82, 2.24) is 50.7 Å². The Balaban J connectivity index is 0.000000233. The maximum Gasteiger partial charge on any atom is 0.410 e. The predicted octanol–water partition coefficient (Wildman–Crippen LogP) is 8.97. The molecular weight excluding hydrogens is 1940 g/mol. The molecule has 12 amide bonds. The van der Waals surface area contributed by atoms with E-state index in [0.29, 0.717) is 169 Å². The van der Waals surface area contributed by atoms with Gasteiger partial charge in [-0.15, -0.1) is 24.8 Å². The van der Waals surface area contributed by atoms with Crippen molar-refractivity contribution < 1.29 is 116 Å². The number of hydrogen-bond donors (Lipinski definition) is 8. The van der Waals surface area contributed by atoms with E-state index in [-0.39, 0.29) is 136 Å². The lowest BCUT2D eigenvalue weighted by Gasteiger charge is -2.37. The number of alkyl halides is 1. The van der Waals surface area contributed by atoms with Crippen LogP contribution in [0, 0.1) is 0 Å². The van der Waals surface area contributed by atoms with Crippen LogP contribution in [0.5, 0.6) is 0 Å². The second kappa shape index (κ2) is 51.5. The number of imide groups is 3. The van der Waals surface area contributed by atoms with E-state index in [4.69, 9.17) is 39.3 Å². The number of aliphatic hydroxyl groups is 2. The summed E-state index contributed by atoms with van der Waals surface area (Å²) in [5, 5.41) is 38.7. The number of benzene rings is 5. The summed E-state index contributed by atoms with van der Waals surface area (Å²) in [4.78, 5) is 197. The highest BCUT2D eigenvalue weighted by Crippen LogP contribution is 2.35. The first-order chi connectivity index (χ1) is 65.2. The number of carbonyl (C=O) groups excluding carboxylic acids is 14. The summed E-state index contributed by atoms with van der Waals surface area (Å²) in [5.41, 5.74) is 14.1. The van der Waals surface area contributed by atoms with Crippen LogP contribution >= 0.6 is 40.7 Å². The number of methoxy groups -OCH3 is 2. The average molecular weight is 2070 g/mol. The molecular formula is C98H137BrCl2N16O24.